The molecule has 0 aromatic rings. The SMILES string of the molecule is CCCCCCCCCCCCCCCCCCC(OC(N)=O)C(CN(C(C)=O)S(=O)(=O)CCC[N+](C)(C)C)NC(C)=O. The first kappa shape index (κ1) is 41.1. The van der Waals surface area contributed by atoms with E-state index in [4.69, 9.17) is 10.5 Å². The minimum atomic E-state index is -3.94. The van der Waals surface area contributed by atoms with Crippen molar-refractivity contribution < 1.29 is 32.0 Å². The lowest BCUT2D eigenvalue weighted by Gasteiger charge is -2.32. The molecule has 0 aromatic carbocycles. The second-order valence-corrected chi connectivity index (χ2v) is 15.1. The summed E-state index contributed by atoms with van der Waals surface area (Å²) in [4.78, 5) is 36.2. The zero-order chi connectivity index (χ0) is 32.7. The summed E-state index contributed by atoms with van der Waals surface area (Å²) in [5.41, 5.74) is 5.33. The summed E-state index contributed by atoms with van der Waals surface area (Å²) in [5.74, 6) is -1.27. The quantitative estimate of drug-likeness (QED) is 0.0856. The van der Waals surface area contributed by atoms with E-state index in [0.29, 0.717) is 23.9 Å². The van der Waals surface area contributed by atoms with Gasteiger partial charge in [-0.15, -0.1) is 0 Å². The molecule has 0 saturated carbocycles. The number of rotatable bonds is 27. The van der Waals surface area contributed by atoms with E-state index in [2.05, 4.69) is 12.2 Å². The number of hydrogen-bond acceptors (Lipinski definition) is 6. The number of nitrogens with two attached hydrogens (primary N) is 1. The Hall–Kier alpha value is -1.88. The fourth-order valence-electron chi connectivity index (χ4n) is 5.35. The predicted octanol–water partition coefficient (Wildman–Crippen LogP) is 5.88. The number of quaternary nitrogens is 1. The fourth-order valence-corrected chi connectivity index (χ4v) is 6.84. The predicted molar refractivity (Wildman–Crippen MR) is 175 cm³/mol. The lowest BCUT2D eigenvalue weighted by atomic mass is 10.0. The van der Waals surface area contributed by atoms with Gasteiger partial charge >= 0.3 is 6.09 Å². The van der Waals surface area contributed by atoms with Crippen LogP contribution in [0.3, 0.4) is 0 Å². The number of primary amides is 1. The highest BCUT2D eigenvalue weighted by molar-refractivity contribution is 7.89. The largest absolute Gasteiger partial charge is 0.444 e. The van der Waals surface area contributed by atoms with Gasteiger partial charge in [-0.25, -0.2) is 17.5 Å². The first-order valence-electron chi connectivity index (χ1n) is 16.7. The lowest BCUT2D eigenvalue weighted by Crippen LogP contribution is -2.54. The van der Waals surface area contributed by atoms with Crippen LogP contribution in [0, 0.1) is 0 Å². The van der Waals surface area contributed by atoms with Gasteiger partial charge in [0.2, 0.25) is 21.8 Å². The highest BCUT2D eigenvalue weighted by Crippen LogP contribution is 2.18. The minimum absolute atomic E-state index is 0.199. The molecule has 0 aliphatic heterocycles. The molecule has 0 spiro atoms. The van der Waals surface area contributed by atoms with Gasteiger partial charge in [0, 0.05) is 20.3 Å². The van der Waals surface area contributed by atoms with Gasteiger partial charge < -0.3 is 20.3 Å². The molecule has 3 N–H and O–H groups in total. The summed E-state index contributed by atoms with van der Waals surface area (Å²) in [6.45, 7) is 5.03. The molecule has 254 valence electrons. The average molecular weight is 634 g/mol. The number of sulfonamides is 1. The van der Waals surface area contributed by atoms with Crippen molar-refractivity contribution in [2.45, 2.75) is 148 Å². The third kappa shape index (κ3) is 23.2. The van der Waals surface area contributed by atoms with Crippen molar-refractivity contribution in [3.8, 4) is 0 Å². The van der Waals surface area contributed by atoms with Crippen molar-refractivity contribution in [1.82, 2.24) is 9.62 Å². The van der Waals surface area contributed by atoms with E-state index in [1.807, 2.05) is 21.1 Å². The molecular weight excluding hydrogens is 568 g/mol. The van der Waals surface area contributed by atoms with Gasteiger partial charge in [0.15, 0.2) is 0 Å². The van der Waals surface area contributed by atoms with Crippen LogP contribution in [0.15, 0.2) is 0 Å². The maximum absolute atomic E-state index is 13.1. The van der Waals surface area contributed by atoms with Gasteiger partial charge in [-0.2, -0.15) is 0 Å². The molecule has 0 aromatic heterocycles. The summed E-state index contributed by atoms with van der Waals surface area (Å²) in [6.07, 6.45) is 18.7. The number of ether oxygens (including phenoxy) is 1. The van der Waals surface area contributed by atoms with E-state index in [1.165, 1.54) is 90.9 Å². The Kier molecular flexibility index (Phi) is 22.5. The van der Waals surface area contributed by atoms with E-state index in [9.17, 15) is 22.8 Å². The average Bonchev–Trinajstić information content (AvgIpc) is 2.88. The van der Waals surface area contributed by atoms with Gasteiger partial charge in [-0.3, -0.25) is 9.59 Å². The molecule has 11 heteroatoms. The number of nitrogens with one attached hydrogen (secondary N) is 1. The molecule has 0 radical (unpaired) electrons. The van der Waals surface area contributed by atoms with E-state index < -0.39 is 40.1 Å². The first-order valence-corrected chi connectivity index (χ1v) is 18.3. The molecule has 0 aliphatic rings. The highest BCUT2D eigenvalue weighted by atomic mass is 32.2. The van der Waals surface area contributed by atoms with E-state index in [-0.39, 0.29) is 12.3 Å². The minimum Gasteiger partial charge on any atom is -0.444 e. The molecule has 0 bridgehead atoms. The molecular formula is C32H65N4O6S+. The standard InChI is InChI=1S/C32H64N4O6S/c1-7-8-9-10-11-12-13-14-15-16-17-18-19-20-21-22-24-31(42-32(33)39)30(34-28(2)37)27-35(29(3)38)43(40,41)26-23-25-36(4,5)6/h30-31H,7-27H2,1-6H3,(H2-,33,34,37,39)/p+1. The molecule has 3 amide bonds. The van der Waals surface area contributed by atoms with Crippen LogP contribution < -0.4 is 11.1 Å². The Balaban J connectivity index is 4.73. The summed E-state index contributed by atoms with van der Waals surface area (Å²) in [5, 5.41) is 2.69. The number of nitrogens with zero attached hydrogens (tertiary/aromatic N) is 2. The zero-order valence-corrected chi connectivity index (χ0v) is 29.1. The van der Waals surface area contributed by atoms with Crippen LogP contribution in [0.2, 0.25) is 0 Å². The molecule has 0 rings (SSSR count). The molecule has 2 unspecified atom stereocenters. The van der Waals surface area contributed by atoms with Crippen molar-refractivity contribution in [2.24, 2.45) is 5.73 Å². The molecule has 0 saturated heterocycles. The van der Waals surface area contributed by atoms with Crippen LogP contribution in [0.25, 0.3) is 0 Å². The van der Waals surface area contributed by atoms with E-state index >= 15 is 0 Å². The fraction of sp³-hybridized carbons (Fsp3) is 0.906. The van der Waals surface area contributed by atoms with Crippen LogP contribution in [-0.4, -0.2) is 87.2 Å². The summed E-state index contributed by atoms with van der Waals surface area (Å²) < 4.78 is 32.9. The Bertz CT molecular complexity index is 876. The number of amides is 3. The van der Waals surface area contributed by atoms with Crippen molar-refractivity contribution >= 4 is 27.9 Å². The van der Waals surface area contributed by atoms with Crippen molar-refractivity contribution in [3.63, 3.8) is 0 Å². The van der Waals surface area contributed by atoms with Crippen molar-refractivity contribution in [1.29, 1.82) is 0 Å². The summed E-state index contributed by atoms with van der Waals surface area (Å²) in [6, 6.07) is -0.904. The third-order valence-corrected chi connectivity index (χ3v) is 9.61. The van der Waals surface area contributed by atoms with Crippen LogP contribution in [0.5, 0.6) is 0 Å². The first-order chi connectivity index (χ1) is 20.2. The third-order valence-electron chi connectivity index (χ3n) is 7.73. The second kappa shape index (κ2) is 23.5. The van der Waals surface area contributed by atoms with Gasteiger partial charge in [-0.1, -0.05) is 103 Å². The Labute approximate surface area is 263 Å². The normalized spacial score (nSPS) is 13.3. The van der Waals surface area contributed by atoms with Crippen LogP contribution in [0.4, 0.5) is 4.79 Å². The van der Waals surface area contributed by atoms with Gasteiger partial charge in [0.05, 0.1) is 46.0 Å². The van der Waals surface area contributed by atoms with Crippen LogP contribution in [0.1, 0.15) is 136 Å². The molecule has 2 atom stereocenters. The van der Waals surface area contributed by atoms with Crippen LogP contribution in [-0.2, 0) is 24.3 Å². The van der Waals surface area contributed by atoms with Crippen molar-refractivity contribution in [2.75, 3.05) is 40.0 Å². The number of carbonyl (C=O) groups excluding carboxylic acids is 3. The molecule has 0 aliphatic carbocycles. The number of hydrogen-bond donors (Lipinski definition) is 2. The number of unbranched alkanes of at least 4 members (excludes halogenated alkanes) is 15. The second-order valence-electron chi connectivity index (χ2n) is 13.1. The van der Waals surface area contributed by atoms with E-state index in [1.54, 1.807) is 0 Å². The van der Waals surface area contributed by atoms with Gasteiger partial charge in [0.1, 0.15) is 6.10 Å². The van der Waals surface area contributed by atoms with Crippen LogP contribution >= 0.6 is 0 Å². The molecule has 43 heavy (non-hydrogen) atoms. The molecule has 10 nitrogen and oxygen atoms in total. The number of carbonyl (C=O) groups is 3. The Morgan fingerprint density at radius 3 is 1.58 bits per heavy atom. The highest BCUT2D eigenvalue weighted by Gasteiger charge is 2.33. The molecule has 0 heterocycles. The topological polar surface area (TPSA) is 136 Å². The Morgan fingerprint density at radius 2 is 1.21 bits per heavy atom. The van der Waals surface area contributed by atoms with Gasteiger partial charge in [0.25, 0.3) is 0 Å². The van der Waals surface area contributed by atoms with Crippen molar-refractivity contribution in [3.05, 3.63) is 0 Å². The maximum Gasteiger partial charge on any atom is 0.404 e. The molecule has 0 fully saturated rings. The monoisotopic (exact) mass is 633 g/mol. The Morgan fingerprint density at radius 1 is 0.767 bits per heavy atom. The summed E-state index contributed by atoms with van der Waals surface area (Å²) >= 11 is 0. The zero-order valence-electron chi connectivity index (χ0n) is 28.3. The van der Waals surface area contributed by atoms with Gasteiger partial charge in [-0.05, 0) is 12.8 Å². The van der Waals surface area contributed by atoms with E-state index in [0.717, 1.165) is 30.0 Å². The lowest BCUT2D eigenvalue weighted by molar-refractivity contribution is -0.870. The smallest absolute Gasteiger partial charge is 0.404 e. The summed E-state index contributed by atoms with van der Waals surface area (Å²) in [7, 11) is 1.96. The maximum atomic E-state index is 13.1.